The van der Waals surface area contributed by atoms with E-state index in [2.05, 4.69) is 0 Å². The van der Waals surface area contributed by atoms with Gasteiger partial charge in [-0.3, -0.25) is 10.6 Å². The van der Waals surface area contributed by atoms with Crippen LogP contribution < -0.4 is 16.7 Å². The molecule has 1 heterocycles. The molecule has 1 aromatic carbocycles. The van der Waals surface area contributed by atoms with Crippen LogP contribution in [0.15, 0.2) is 17.1 Å². The van der Waals surface area contributed by atoms with E-state index in [9.17, 15) is 18.4 Å². The Bertz CT molecular complexity index is 828. The van der Waals surface area contributed by atoms with Gasteiger partial charge in [0.15, 0.2) is 11.6 Å². The molecule has 110 valence electrons. The second kappa shape index (κ2) is 4.52. The predicted octanol–water partition coefficient (Wildman–Crippen LogP) is 1.60. The highest BCUT2D eigenvalue weighted by Crippen LogP contribution is 2.38. The fourth-order valence-electron chi connectivity index (χ4n) is 2.37. The molecule has 6 nitrogen and oxygen atoms in total. The van der Waals surface area contributed by atoms with Crippen molar-refractivity contribution >= 4 is 22.6 Å². The van der Waals surface area contributed by atoms with Crippen molar-refractivity contribution in [3.8, 4) is 0 Å². The lowest BCUT2D eigenvalue weighted by Crippen LogP contribution is -2.21. The summed E-state index contributed by atoms with van der Waals surface area (Å²) in [5, 5.41) is 8.75. The zero-order valence-electron chi connectivity index (χ0n) is 10.7. The number of halogens is 2. The van der Waals surface area contributed by atoms with Gasteiger partial charge in [-0.25, -0.2) is 13.6 Å². The minimum Gasteiger partial charge on any atom is -0.477 e. The molecule has 0 aliphatic heterocycles. The molecule has 21 heavy (non-hydrogen) atoms. The first kappa shape index (κ1) is 13.5. The number of aromatic nitrogens is 1. The molecule has 2 aromatic rings. The first-order chi connectivity index (χ1) is 9.95. The van der Waals surface area contributed by atoms with Crippen LogP contribution in [0, 0.1) is 11.6 Å². The number of hydrazine groups is 1. The first-order valence-electron chi connectivity index (χ1n) is 6.22. The number of hydrogen-bond acceptors (Lipinski definition) is 4. The number of nitrogen functional groups attached to an aromatic ring is 1. The summed E-state index contributed by atoms with van der Waals surface area (Å²) in [5.41, 5.74) is -0.209. The highest BCUT2D eigenvalue weighted by Gasteiger charge is 2.29. The maximum atomic E-state index is 14.4. The summed E-state index contributed by atoms with van der Waals surface area (Å²) in [6.07, 6.45) is 2.57. The van der Waals surface area contributed by atoms with Gasteiger partial charge in [0.1, 0.15) is 11.3 Å². The molecule has 4 N–H and O–H groups in total. The van der Waals surface area contributed by atoms with Gasteiger partial charge in [0, 0.05) is 12.2 Å². The minimum atomic E-state index is -1.43. The van der Waals surface area contributed by atoms with Crippen LogP contribution >= 0.6 is 0 Å². The molecule has 0 bridgehead atoms. The van der Waals surface area contributed by atoms with Crippen molar-refractivity contribution in [2.75, 3.05) is 5.43 Å². The van der Waals surface area contributed by atoms with Crippen LogP contribution in [0.4, 0.5) is 14.5 Å². The smallest absolute Gasteiger partial charge is 0.341 e. The van der Waals surface area contributed by atoms with Crippen LogP contribution in [0.3, 0.4) is 0 Å². The van der Waals surface area contributed by atoms with E-state index < -0.39 is 34.3 Å². The zero-order valence-corrected chi connectivity index (χ0v) is 10.7. The zero-order chi connectivity index (χ0) is 15.3. The molecule has 1 saturated carbocycles. The molecule has 0 spiro atoms. The van der Waals surface area contributed by atoms with Gasteiger partial charge in [0.05, 0.1) is 10.9 Å². The SMILES string of the molecule is NNc1c(F)cc2c(=O)c(C(=O)O)cn(C3CC3)c2c1F. The highest BCUT2D eigenvalue weighted by molar-refractivity contribution is 5.93. The van der Waals surface area contributed by atoms with Gasteiger partial charge in [-0.2, -0.15) is 0 Å². The molecule has 0 saturated heterocycles. The van der Waals surface area contributed by atoms with Gasteiger partial charge in [-0.05, 0) is 18.9 Å². The van der Waals surface area contributed by atoms with E-state index in [1.165, 1.54) is 4.57 Å². The number of aromatic carboxylic acids is 1. The molecular weight excluding hydrogens is 284 g/mol. The molecule has 0 atom stereocenters. The summed E-state index contributed by atoms with van der Waals surface area (Å²) in [6.45, 7) is 0. The van der Waals surface area contributed by atoms with Gasteiger partial charge in [0.25, 0.3) is 0 Å². The van der Waals surface area contributed by atoms with Crippen molar-refractivity contribution in [2.24, 2.45) is 5.84 Å². The molecule has 1 aliphatic carbocycles. The van der Waals surface area contributed by atoms with Crippen LogP contribution in [0.2, 0.25) is 0 Å². The Balaban J connectivity index is 2.50. The van der Waals surface area contributed by atoms with Crippen molar-refractivity contribution in [1.82, 2.24) is 4.57 Å². The second-order valence-electron chi connectivity index (χ2n) is 4.90. The van der Waals surface area contributed by atoms with Gasteiger partial charge in [-0.1, -0.05) is 0 Å². The molecule has 1 aromatic heterocycles. The summed E-state index contributed by atoms with van der Waals surface area (Å²) < 4.78 is 29.5. The Morgan fingerprint density at radius 1 is 1.43 bits per heavy atom. The van der Waals surface area contributed by atoms with Crippen molar-refractivity contribution in [3.63, 3.8) is 0 Å². The maximum absolute atomic E-state index is 14.4. The number of rotatable bonds is 3. The molecule has 0 radical (unpaired) electrons. The lowest BCUT2D eigenvalue weighted by molar-refractivity contribution is 0.0695. The van der Waals surface area contributed by atoms with E-state index in [-0.39, 0.29) is 16.9 Å². The number of pyridine rings is 1. The van der Waals surface area contributed by atoms with Gasteiger partial charge < -0.3 is 15.1 Å². The summed E-state index contributed by atoms with van der Waals surface area (Å²) in [6, 6.07) is 0.707. The molecule has 0 amide bonds. The third-order valence-corrected chi connectivity index (χ3v) is 3.52. The van der Waals surface area contributed by atoms with E-state index in [4.69, 9.17) is 10.9 Å². The minimum absolute atomic E-state index is 0.100. The average molecular weight is 295 g/mol. The largest absolute Gasteiger partial charge is 0.477 e. The van der Waals surface area contributed by atoms with Crippen LogP contribution in [-0.2, 0) is 0 Å². The Hall–Kier alpha value is -2.48. The van der Waals surface area contributed by atoms with Gasteiger partial charge >= 0.3 is 5.97 Å². The molecule has 8 heteroatoms. The number of carbonyl (C=O) groups is 1. The number of nitrogens with two attached hydrogens (primary N) is 1. The number of carboxylic acid groups (broad SMARTS) is 1. The highest BCUT2D eigenvalue weighted by atomic mass is 19.1. The van der Waals surface area contributed by atoms with Crippen molar-refractivity contribution < 1.29 is 18.7 Å². The molecule has 1 aliphatic rings. The lowest BCUT2D eigenvalue weighted by atomic mass is 10.1. The number of carboxylic acids is 1. The summed E-state index contributed by atoms with van der Waals surface area (Å²) >= 11 is 0. The van der Waals surface area contributed by atoms with Crippen molar-refractivity contribution in [3.05, 3.63) is 39.7 Å². The van der Waals surface area contributed by atoms with Crippen molar-refractivity contribution in [1.29, 1.82) is 0 Å². The summed E-state index contributed by atoms with van der Waals surface area (Å²) in [7, 11) is 0. The van der Waals surface area contributed by atoms with E-state index in [1.807, 2.05) is 5.43 Å². The van der Waals surface area contributed by atoms with Crippen LogP contribution in [0.25, 0.3) is 10.9 Å². The normalized spacial score (nSPS) is 14.4. The van der Waals surface area contributed by atoms with E-state index in [0.717, 1.165) is 25.1 Å². The Labute approximate surface area is 116 Å². The predicted molar refractivity (Wildman–Crippen MR) is 71.2 cm³/mol. The van der Waals surface area contributed by atoms with E-state index in [1.54, 1.807) is 0 Å². The number of fused-ring (bicyclic) bond motifs is 1. The number of nitrogens with one attached hydrogen (secondary N) is 1. The first-order valence-corrected chi connectivity index (χ1v) is 6.22. The number of benzene rings is 1. The molecular formula is C13H11F2N3O3. The number of nitrogens with zero attached hydrogens (tertiary/aromatic N) is 1. The van der Waals surface area contributed by atoms with E-state index >= 15 is 0 Å². The Morgan fingerprint density at radius 2 is 2.10 bits per heavy atom. The second-order valence-corrected chi connectivity index (χ2v) is 4.90. The standard InChI is InChI=1S/C13H11F2N3O3/c14-8-3-6-11(9(15)10(8)17-16)18(5-1-2-5)4-7(12(6)19)13(20)21/h3-5,17H,1-2,16H2,(H,20,21). The third kappa shape index (κ3) is 1.95. The number of anilines is 1. The fraction of sp³-hybridized carbons (Fsp3) is 0.231. The van der Waals surface area contributed by atoms with Crippen LogP contribution in [-0.4, -0.2) is 15.6 Å². The van der Waals surface area contributed by atoms with Crippen LogP contribution in [0.5, 0.6) is 0 Å². The van der Waals surface area contributed by atoms with Crippen molar-refractivity contribution in [2.45, 2.75) is 18.9 Å². The number of hydrogen-bond donors (Lipinski definition) is 3. The maximum Gasteiger partial charge on any atom is 0.341 e. The molecule has 0 unspecified atom stereocenters. The molecule has 3 rings (SSSR count). The average Bonchev–Trinajstić information content (AvgIpc) is 3.24. The monoisotopic (exact) mass is 295 g/mol. The Kier molecular flexibility index (Phi) is 2.91. The third-order valence-electron chi connectivity index (χ3n) is 3.52. The summed E-state index contributed by atoms with van der Waals surface area (Å²) in [5.74, 6) is 1.60. The van der Waals surface area contributed by atoms with E-state index in [0.29, 0.717) is 0 Å². The lowest BCUT2D eigenvalue weighted by Gasteiger charge is -2.14. The quantitative estimate of drug-likeness (QED) is 0.590. The molecule has 1 fully saturated rings. The van der Waals surface area contributed by atoms with Crippen LogP contribution in [0.1, 0.15) is 29.2 Å². The topological polar surface area (TPSA) is 97.3 Å². The fourth-order valence-corrected chi connectivity index (χ4v) is 2.37. The Morgan fingerprint density at radius 3 is 2.62 bits per heavy atom. The van der Waals surface area contributed by atoms with Gasteiger partial charge in [0.2, 0.25) is 5.43 Å². The summed E-state index contributed by atoms with van der Waals surface area (Å²) in [4.78, 5) is 23.2. The van der Waals surface area contributed by atoms with Gasteiger partial charge in [-0.15, -0.1) is 0 Å².